The van der Waals surface area contributed by atoms with Crippen LogP contribution in [0.15, 0.2) is 115 Å². The fourth-order valence-electron chi connectivity index (χ4n) is 4.61. The van der Waals surface area contributed by atoms with Crippen LogP contribution < -0.4 is 0 Å². The predicted molar refractivity (Wildman–Crippen MR) is 156 cm³/mol. The standard InChI is InChI=1S/C31H31NO4S2/c1-3-20-36-30(34)32-23-27(22-28(32)37-21-19-29(33)35-2)38-31(24-13-7-4-8-14-24,25-15-9-5-10-16-25)26-17-11-6-12-18-26/h3-19,21,27-28H,1,20,22-23H2,2H3/t27-,28-/m0/s1. The summed E-state index contributed by atoms with van der Waals surface area (Å²) in [4.78, 5) is 26.4. The third-order valence-corrected chi connectivity index (χ3v) is 9.09. The van der Waals surface area contributed by atoms with Crippen molar-refractivity contribution >= 4 is 35.6 Å². The molecule has 0 N–H and O–H groups in total. The minimum atomic E-state index is -0.494. The molecule has 7 heteroatoms. The highest BCUT2D eigenvalue weighted by Crippen LogP contribution is 2.52. The summed E-state index contributed by atoms with van der Waals surface area (Å²) >= 11 is 3.27. The maximum absolute atomic E-state index is 13.0. The van der Waals surface area contributed by atoms with Gasteiger partial charge in [0, 0.05) is 17.9 Å². The van der Waals surface area contributed by atoms with Crippen LogP contribution in [0.25, 0.3) is 0 Å². The van der Waals surface area contributed by atoms with E-state index in [2.05, 4.69) is 79.4 Å². The minimum Gasteiger partial charge on any atom is -0.466 e. The summed E-state index contributed by atoms with van der Waals surface area (Å²) in [5.74, 6) is -0.432. The maximum atomic E-state index is 13.0. The van der Waals surface area contributed by atoms with Crippen LogP contribution >= 0.6 is 23.5 Å². The molecule has 38 heavy (non-hydrogen) atoms. The lowest BCUT2D eigenvalue weighted by atomic mass is 9.84. The summed E-state index contributed by atoms with van der Waals surface area (Å²) in [6.45, 7) is 4.31. The zero-order chi connectivity index (χ0) is 26.8. The van der Waals surface area contributed by atoms with E-state index in [1.807, 2.05) is 30.0 Å². The molecule has 3 aromatic carbocycles. The van der Waals surface area contributed by atoms with Gasteiger partial charge in [0.15, 0.2) is 0 Å². The number of carbonyl (C=O) groups excluding carboxylic acids is 2. The van der Waals surface area contributed by atoms with Crippen molar-refractivity contribution in [2.75, 3.05) is 20.3 Å². The van der Waals surface area contributed by atoms with E-state index in [4.69, 9.17) is 9.47 Å². The van der Waals surface area contributed by atoms with Crippen molar-refractivity contribution < 1.29 is 19.1 Å². The molecule has 1 aliphatic heterocycles. The maximum Gasteiger partial charge on any atom is 0.411 e. The van der Waals surface area contributed by atoms with Gasteiger partial charge in [-0.15, -0.1) is 23.5 Å². The molecule has 0 unspecified atom stereocenters. The van der Waals surface area contributed by atoms with E-state index in [0.29, 0.717) is 6.54 Å². The van der Waals surface area contributed by atoms with Gasteiger partial charge in [0.25, 0.3) is 0 Å². The number of thioether (sulfide) groups is 2. The Bertz CT molecular complexity index is 1140. The van der Waals surface area contributed by atoms with Gasteiger partial charge in [-0.05, 0) is 28.5 Å². The molecule has 0 bridgehead atoms. The lowest BCUT2D eigenvalue weighted by Crippen LogP contribution is -2.35. The molecule has 1 amide bonds. The molecule has 4 rings (SSSR count). The molecule has 5 nitrogen and oxygen atoms in total. The largest absolute Gasteiger partial charge is 0.466 e. The average molecular weight is 546 g/mol. The van der Waals surface area contributed by atoms with Crippen molar-refractivity contribution in [2.45, 2.75) is 21.8 Å². The number of methoxy groups -OCH3 is 1. The van der Waals surface area contributed by atoms with Gasteiger partial charge in [-0.1, -0.05) is 104 Å². The van der Waals surface area contributed by atoms with Crippen LogP contribution in [0.4, 0.5) is 4.79 Å². The molecule has 1 aliphatic rings. The Kier molecular flexibility index (Phi) is 9.73. The van der Waals surface area contributed by atoms with Crippen LogP contribution in [-0.4, -0.2) is 47.8 Å². The molecular weight excluding hydrogens is 514 g/mol. The second kappa shape index (κ2) is 13.4. The van der Waals surface area contributed by atoms with E-state index < -0.39 is 10.7 Å². The normalized spacial score (nSPS) is 17.3. The van der Waals surface area contributed by atoms with Crippen LogP contribution in [0.1, 0.15) is 23.1 Å². The monoisotopic (exact) mass is 545 g/mol. The molecule has 0 aliphatic carbocycles. The first-order valence-corrected chi connectivity index (χ1v) is 14.2. The number of amides is 1. The summed E-state index contributed by atoms with van der Waals surface area (Å²) in [5.41, 5.74) is 3.51. The van der Waals surface area contributed by atoms with Gasteiger partial charge < -0.3 is 9.47 Å². The fraction of sp³-hybridized carbons (Fsp3) is 0.226. The Morgan fingerprint density at radius 3 is 1.95 bits per heavy atom. The highest BCUT2D eigenvalue weighted by atomic mass is 32.2. The second-order valence-electron chi connectivity index (χ2n) is 8.69. The first kappa shape index (κ1) is 27.6. The molecule has 0 saturated carbocycles. The van der Waals surface area contributed by atoms with E-state index in [1.54, 1.807) is 16.4 Å². The fourth-order valence-corrected chi connectivity index (χ4v) is 7.60. The van der Waals surface area contributed by atoms with E-state index in [0.717, 1.165) is 6.42 Å². The smallest absolute Gasteiger partial charge is 0.411 e. The van der Waals surface area contributed by atoms with Crippen molar-refractivity contribution in [3.05, 3.63) is 132 Å². The van der Waals surface area contributed by atoms with Gasteiger partial charge in [0.1, 0.15) is 6.61 Å². The van der Waals surface area contributed by atoms with E-state index in [9.17, 15) is 9.59 Å². The van der Waals surface area contributed by atoms with Crippen molar-refractivity contribution in [3.63, 3.8) is 0 Å². The molecule has 1 heterocycles. The third kappa shape index (κ3) is 6.34. The van der Waals surface area contributed by atoms with E-state index in [-0.39, 0.29) is 23.3 Å². The Morgan fingerprint density at radius 1 is 0.947 bits per heavy atom. The molecule has 3 aromatic rings. The van der Waals surface area contributed by atoms with Gasteiger partial charge in [0.2, 0.25) is 0 Å². The first-order valence-electron chi connectivity index (χ1n) is 12.4. The second-order valence-corrected chi connectivity index (χ2v) is 11.3. The Balaban J connectivity index is 1.73. The molecule has 2 atom stereocenters. The Hall–Kier alpha value is -3.42. The number of rotatable bonds is 10. The van der Waals surface area contributed by atoms with Crippen LogP contribution in [0.5, 0.6) is 0 Å². The number of nitrogens with zero attached hydrogens (tertiary/aromatic N) is 1. The quantitative estimate of drug-likeness (QED) is 0.120. The Labute approximate surface area is 232 Å². The van der Waals surface area contributed by atoms with Crippen molar-refractivity contribution in [3.8, 4) is 0 Å². The predicted octanol–water partition coefficient (Wildman–Crippen LogP) is 6.85. The summed E-state index contributed by atoms with van der Waals surface area (Å²) in [7, 11) is 1.34. The number of likely N-dealkylation sites (tertiary alicyclic amines) is 1. The van der Waals surface area contributed by atoms with Gasteiger partial charge in [0.05, 0.1) is 17.2 Å². The molecule has 1 fully saturated rings. The molecule has 1 saturated heterocycles. The lowest BCUT2D eigenvalue weighted by molar-refractivity contribution is -0.134. The molecule has 196 valence electrons. The van der Waals surface area contributed by atoms with Gasteiger partial charge in [-0.2, -0.15) is 0 Å². The van der Waals surface area contributed by atoms with Crippen LogP contribution in [0, 0.1) is 0 Å². The number of hydrogen-bond acceptors (Lipinski definition) is 6. The minimum absolute atomic E-state index is 0.0935. The molecule has 0 radical (unpaired) electrons. The van der Waals surface area contributed by atoms with Gasteiger partial charge >= 0.3 is 12.1 Å². The van der Waals surface area contributed by atoms with Crippen LogP contribution in [0.3, 0.4) is 0 Å². The van der Waals surface area contributed by atoms with Gasteiger partial charge in [-0.3, -0.25) is 4.90 Å². The topological polar surface area (TPSA) is 55.8 Å². The molecule has 0 aromatic heterocycles. The zero-order valence-corrected chi connectivity index (χ0v) is 22.9. The third-order valence-electron chi connectivity index (χ3n) is 6.30. The number of carbonyl (C=O) groups is 2. The van der Waals surface area contributed by atoms with E-state index in [1.165, 1.54) is 41.6 Å². The first-order chi connectivity index (χ1) is 18.6. The summed E-state index contributed by atoms with van der Waals surface area (Å²) in [6, 6.07) is 31.5. The summed E-state index contributed by atoms with van der Waals surface area (Å²) in [5, 5.41) is 1.59. The van der Waals surface area contributed by atoms with Gasteiger partial charge in [-0.25, -0.2) is 9.59 Å². The molecule has 0 spiro atoms. The summed E-state index contributed by atoms with van der Waals surface area (Å²) < 4.78 is 9.64. The van der Waals surface area contributed by atoms with Crippen molar-refractivity contribution in [2.24, 2.45) is 0 Å². The van der Waals surface area contributed by atoms with Crippen molar-refractivity contribution in [1.29, 1.82) is 0 Å². The van der Waals surface area contributed by atoms with E-state index >= 15 is 0 Å². The number of hydrogen-bond donors (Lipinski definition) is 0. The summed E-state index contributed by atoms with van der Waals surface area (Å²) in [6.07, 6.45) is 3.27. The SMILES string of the molecule is C=CCOC(=O)N1C[C@@H](SC(c2ccccc2)(c2ccccc2)c2ccccc2)C[C@@H]1SC=CC(=O)OC. The highest BCUT2D eigenvalue weighted by molar-refractivity contribution is 8.03. The number of ether oxygens (including phenoxy) is 2. The average Bonchev–Trinajstić information content (AvgIpc) is 3.38. The lowest BCUT2D eigenvalue weighted by Gasteiger charge is -2.37. The highest BCUT2D eigenvalue weighted by Gasteiger charge is 2.44. The zero-order valence-electron chi connectivity index (χ0n) is 21.3. The van der Waals surface area contributed by atoms with Crippen LogP contribution in [0.2, 0.25) is 0 Å². The molecular formula is C31H31NO4S2. The van der Waals surface area contributed by atoms with Crippen molar-refractivity contribution in [1.82, 2.24) is 4.90 Å². The Morgan fingerprint density at radius 2 is 1.47 bits per heavy atom. The van der Waals surface area contributed by atoms with Crippen LogP contribution in [-0.2, 0) is 19.0 Å². The number of esters is 1. The number of benzene rings is 3.